The summed E-state index contributed by atoms with van der Waals surface area (Å²) in [5, 5.41) is 3.49. The lowest BCUT2D eigenvalue weighted by Crippen LogP contribution is -2.08. The molecule has 0 saturated carbocycles. The van der Waals surface area contributed by atoms with Crippen LogP contribution in [0.1, 0.15) is 15.9 Å². The number of aromatic nitrogens is 1. The van der Waals surface area contributed by atoms with Crippen molar-refractivity contribution in [3.8, 4) is 0 Å². The summed E-state index contributed by atoms with van der Waals surface area (Å²) in [6, 6.07) is 4.63. The molecule has 4 N–H and O–H groups in total. The molecule has 1 heterocycles. The zero-order valence-corrected chi connectivity index (χ0v) is 8.92. The van der Waals surface area contributed by atoms with Crippen LogP contribution >= 0.6 is 0 Å². The SMILES string of the molecule is Nc1ccc(C(=O)OCc2cnoc2)c(N)c1. The van der Waals surface area contributed by atoms with Crippen molar-refractivity contribution in [2.75, 3.05) is 11.5 Å². The van der Waals surface area contributed by atoms with Crippen molar-refractivity contribution in [3.05, 3.63) is 41.8 Å². The Balaban J connectivity index is 2.04. The second-order valence-electron chi connectivity index (χ2n) is 3.46. The highest BCUT2D eigenvalue weighted by Gasteiger charge is 2.11. The summed E-state index contributed by atoms with van der Waals surface area (Å²) in [6.07, 6.45) is 2.87. The minimum Gasteiger partial charge on any atom is -0.457 e. The van der Waals surface area contributed by atoms with E-state index in [0.717, 1.165) is 0 Å². The van der Waals surface area contributed by atoms with E-state index in [1.54, 1.807) is 6.07 Å². The van der Waals surface area contributed by atoms with Crippen molar-refractivity contribution in [1.29, 1.82) is 0 Å². The number of hydrogen-bond acceptors (Lipinski definition) is 6. The van der Waals surface area contributed by atoms with Crippen LogP contribution < -0.4 is 11.5 Å². The minimum atomic E-state index is -0.510. The zero-order valence-electron chi connectivity index (χ0n) is 8.92. The van der Waals surface area contributed by atoms with Gasteiger partial charge in [0.05, 0.1) is 11.8 Å². The predicted octanol–water partition coefficient (Wildman–Crippen LogP) is 1.20. The second kappa shape index (κ2) is 4.56. The van der Waals surface area contributed by atoms with E-state index < -0.39 is 5.97 Å². The molecule has 0 atom stereocenters. The number of anilines is 2. The zero-order chi connectivity index (χ0) is 12.3. The third-order valence-electron chi connectivity index (χ3n) is 2.15. The molecule has 2 rings (SSSR count). The molecule has 0 bridgehead atoms. The largest absolute Gasteiger partial charge is 0.457 e. The third kappa shape index (κ3) is 2.54. The lowest BCUT2D eigenvalue weighted by atomic mass is 10.1. The molecule has 0 radical (unpaired) electrons. The quantitative estimate of drug-likeness (QED) is 0.609. The first-order valence-electron chi connectivity index (χ1n) is 4.87. The Kier molecular flexibility index (Phi) is 2.95. The Morgan fingerprint density at radius 2 is 2.24 bits per heavy atom. The summed E-state index contributed by atoms with van der Waals surface area (Å²) in [7, 11) is 0. The molecular formula is C11H11N3O3. The molecule has 0 aliphatic heterocycles. The van der Waals surface area contributed by atoms with E-state index in [2.05, 4.69) is 9.68 Å². The number of rotatable bonds is 3. The van der Waals surface area contributed by atoms with Gasteiger partial charge in [0.1, 0.15) is 12.9 Å². The van der Waals surface area contributed by atoms with Gasteiger partial charge in [0.2, 0.25) is 0 Å². The van der Waals surface area contributed by atoms with Crippen molar-refractivity contribution < 1.29 is 14.1 Å². The van der Waals surface area contributed by atoms with Crippen LogP contribution in [0.15, 0.2) is 35.2 Å². The molecule has 0 saturated heterocycles. The molecule has 17 heavy (non-hydrogen) atoms. The summed E-state index contributed by atoms with van der Waals surface area (Å²) in [4.78, 5) is 11.7. The van der Waals surface area contributed by atoms with E-state index in [0.29, 0.717) is 16.9 Å². The van der Waals surface area contributed by atoms with Gasteiger partial charge in [-0.15, -0.1) is 0 Å². The van der Waals surface area contributed by atoms with Gasteiger partial charge in [-0.2, -0.15) is 0 Å². The lowest BCUT2D eigenvalue weighted by Gasteiger charge is -2.06. The Morgan fingerprint density at radius 3 is 2.88 bits per heavy atom. The van der Waals surface area contributed by atoms with Crippen LogP contribution in [0.2, 0.25) is 0 Å². The van der Waals surface area contributed by atoms with Gasteiger partial charge >= 0.3 is 5.97 Å². The summed E-state index contributed by atoms with van der Waals surface area (Å²) in [5.41, 5.74) is 12.9. The van der Waals surface area contributed by atoms with E-state index in [9.17, 15) is 4.79 Å². The third-order valence-corrected chi connectivity index (χ3v) is 2.15. The summed E-state index contributed by atoms with van der Waals surface area (Å²) in [6.45, 7) is 0.0894. The topological polar surface area (TPSA) is 104 Å². The lowest BCUT2D eigenvalue weighted by molar-refractivity contribution is 0.0473. The van der Waals surface area contributed by atoms with E-state index in [1.807, 2.05) is 0 Å². The second-order valence-corrected chi connectivity index (χ2v) is 3.46. The number of nitrogens with two attached hydrogens (primary N) is 2. The van der Waals surface area contributed by atoms with E-state index in [1.165, 1.54) is 24.6 Å². The molecular weight excluding hydrogens is 222 g/mol. The fourth-order valence-electron chi connectivity index (χ4n) is 1.29. The van der Waals surface area contributed by atoms with E-state index in [-0.39, 0.29) is 12.2 Å². The standard InChI is InChI=1S/C11H11N3O3/c12-8-1-2-9(10(13)3-8)11(15)16-5-7-4-14-17-6-7/h1-4,6H,5,12-13H2. The molecule has 88 valence electrons. The maximum Gasteiger partial charge on any atom is 0.340 e. The molecule has 0 spiro atoms. The van der Waals surface area contributed by atoms with Crippen molar-refractivity contribution in [2.24, 2.45) is 0 Å². The van der Waals surface area contributed by atoms with Crippen molar-refractivity contribution >= 4 is 17.3 Å². The van der Waals surface area contributed by atoms with Crippen LogP contribution in [-0.4, -0.2) is 11.1 Å². The molecule has 2 aromatic rings. The average molecular weight is 233 g/mol. The van der Waals surface area contributed by atoms with Crippen LogP contribution in [0, 0.1) is 0 Å². The Bertz CT molecular complexity index is 523. The van der Waals surface area contributed by atoms with Crippen molar-refractivity contribution in [2.45, 2.75) is 6.61 Å². The first-order chi connectivity index (χ1) is 8.16. The molecule has 0 fully saturated rings. The van der Waals surface area contributed by atoms with Gasteiger partial charge in [-0.25, -0.2) is 4.79 Å². The Morgan fingerprint density at radius 1 is 1.41 bits per heavy atom. The average Bonchev–Trinajstić information content (AvgIpc) is 2.78. The van der Waals surface area contributed by atoms with Crippen molar-refractivity contribution in [1.82, 2.24) is 5.16 Å². The number of hydrogen-bond donors (Lipinski definition) is 2. The van der Waals surface area contributed by atoms with Gasteiger partial charge in [-0.05, 0) is 18.2 Å². The molecule has 6 nitrogen and oxygen atoms in total. The number of carbonyl (C=O) groups is 1. The summed E-state index contributed by atoms with van der Waals surface area (Å²) in [5.74, 6) is -0.510. The molecule has 0 aliphatic rings. The highest BCUT2D eigenvalue weighted by Crippen LogP contribution is 2.17. The van der Waals surface area contributed by atoms with Gasteiger partial charge in [-0.3, -0.25) is 0 Å². The first-order valence-corrected chi connectivity index (χ1v) is 4.87. The van der Waals surface area contributed by atoms with Crippen LogP contribution in [0.5, 0.6) is 0 Å². The highest BCUT2D eigenvalue weighted by molar-refractivity contribution is 5.95. The predicted molar refractivity (Wildman–Crippen MR) is 60.9 cm³/mol. The minimum absolute atomic E-state index is 0.0894. The monoisotopic (exact) mass is 233 g/mol. The van der Waals surface area contributed by atoms with Gasteiger partial charge in [-0.1, -0.05) is 5.16 Å². The number of esters is 1. The number of ether oxygens (including phenoxy) is 1. The number of nitrogens with zero attached hydrogens (tertiary/aromatic N) is 1. The maximum atomic E-state index is 11.7. The maximum absolute atomic E-state index is 11.7. The van der Waals surface area contributed by atoms with Gasteiger partial charge in [0, 0.05) is 16.9 Å². The van der Waals surface area contributed by atoms with Gasteiger partial charge in [0.25, 0.3) is 0 Å². The molecule has 0 amide bonds. The van der Waals surface area contributed by atoms with Crippen LogP contribution in [0.4, 0.5) is 11.4 Å². The smallest absolute Gasteiger partial charge is 0.340 e. The van der Waals surface area contributed by atoms with Crippen LogP contribution in [0.3, 0.4) is 0 Å². The van der Waals surface area contributed by atoms with Crippen LogP contribution in [-0.2, 0) is 11.3 Å². The highest BCUT2D eigenvalue weighted by atomic mass is 16.5. The van der Waals surface area contributed by atoms with Crippen LogP contribution in [0.25, 0.3) is 0 Å². The number of nitrogen functional groups attached to an aromatic ring is 2. The summed E-state index contributed by atoms with van der Waals surface area (Å²) < 4.78 is 9.64. The van der Waals surface area contributed by atoms with E-state index in [4.69, 9.17) is 16.2 Å². The van der Waals surface area contributed by atoms with Gasteiger partial charge < -0.3 is 20.7 Å². The van der Waals surface area contributed by atoms with Crippen molar-refractivity contribution in [3.63, 3.8) is 0 Å². The van der Waals surface area contributed by atoms with Gasteiger partial charge in [0.15, 0.2) is 0 Å². The molecule has 1 aromatic heterocycles. The number of benzene rings is 1. The fourth-order valence-corrected chi connectivity index (χ4v) is 1.29. The fraction of sp³-hybridized carbons (Fsp3) is 0.0909. The Labute approximate surface area is 97.1 Å². The first kappa shape index (κ1) is 11.0. The summed E-state index contributed by atoms with van der Waals surface area (Å²) >= 11 is 0. The number of carbonyl (C=O) groups excluding carboxylic acids is 1. The molecule has 0 unspecified atom stereocenters. The molecule has 1 aromatic carbocycles. The normalized spacial score (nSPS) is 10.1. The molecule has 0 aliphatic carbocycles. The van der Waals surface area contributed by atoms with E-state index >= 15 is 0 Å². The Hall–Kier alpha value is -2.50. The molecule has 6 heteroatoms.